The van der Waals surface area contributed by atoms with Gasteiger partial charge in [0.1, 0.15) is 9.88 Å². The summed E-state index contributed by atoms with van der Waals surface area (Å²) in [6.45, 7) is 5.13. The van der Waals surface area contributed by atoms with Crippen LogP contribution >= 0.6 is 11.3 Å². The Morgan fingerprint density at radius 1 is 1.45 bits per heavy atom. The second-order valence-corrected chi connectivity index (χ2v) is 6.89. The van der Waals surface area contributed by atoms with E-state index >= 15 is 0 Å². The van der Waals surface area contributed by atoms with Crippen molar-refractivity contribution in [2.45, 2.75) is 26.3 Å². The number of likely N-dealkylation sites (tertiary alicyclic amines) is 1. The predicted octanol–water partition coefficient (Wildman–Crippen LogP) is 3.14. The van der Waals surface area contributed by atoms with Gasteiger partial charge in [0.15, 0.2) is 0 Å². The number of pyridine rings is 1. The molecule has 0 saturated carbocycles. The van der Waals surface area contributed by atoms with Crippen LogP contribution in [0.3, 0.4) is 0 Å². The Labute approximate surface area is 133 Å². The molecule has 0 spiro atoms. The Balaban J connectivity index is 1.85. The summed E-state index contributed by atoms with van der Waals surface area (Å²) in [6, 6.07) is 3.60. The Morgan fingerprint density at radius 3 is 2.91 bits per heavy atom. The van der Waals surface area contributed by atoms with E-state index in [1.54, 1.807) is 24.5 Å². The zero-order valence-electron chi connectivity index (χ0n) is 12.5. The molecule has 1 atom stereocenters. The summed E-state index contributed by atoms with van der Waals surface area (Å²) in [7, 11) is 0. The number of thiazole rings is 1. The number of nitrogens with zero attached hydrogens (tertiary/aromatic N) is 3. The molecule has 116 valence electrons. The highest BCUT2D eigenvalue weighted by atomic mass is 32.1. The number of hydrogen-bond acceptors (Lipinski definition) is 5. The third kappa shape index (κ3) is 3.34. The van der Waals surface area contributed by atoms with Crippen molar-refractivity contribution in [3.63, 3.8) is 0 Å². The number of carboxylic acids is 1. The molecule has 0 bridgehead atoms. The van der Waals surface area contributed by atoms with E-state index in [-0.39, 0.29) is 0 Å². The maximum atomic E-state index is 11.5. The van der Waals surface area contributed by atoms with Crippen molar-refractivity contribution in [1.29, 1.82) is 0 Å². The molecule has 1 saturated heterocycles. The quantitative estimate of drug-likeness (QED) is 0.938. The summed E-state index contributed by atoms with van der Waals surface area (Å²) in [5.41, 5.74) is 1.36. The van der Waals surface area contributed by atoms with Gasteiger partial charge in [-0.2, -0.15) is 0 Å². The van der Waals surface area contributed by atoms with Gasteiger partial charge < -0.3 is 5.11 Å². The minimum Gasteiger partial charge on any atom is -0.477 e. The van der Waals surface area contributed by atoms with Crippen molar-refractivity contribution in [1.82, 2.24) is 14.9 Å². The van der Waals surface area contributed by atoms with Crippen molar-refractivity contribution in [3.05, 3.63) is 34.4 Å². The molecule has 1 aliphatic heterocycles. The number of aromatic nitrogens is 2. The van der Waals surface area contributed by atoms with Gasteiger partial charge in [-0.05, 0) is 37.4 Å². The van der Waals surface area contributed by atoms with E-state index in [9.17, 15) is 9.90 Å². The Bertz CT molecular complexity index is 657. The molecular formula is C16H19N3O2S. The molecule has 1 fully saturated rings. The van der Waals surface area contributed by atoms with Crippen LogP contribution in [-0.2, 0) is 6.54 Å². The van der Waals surface area contributed by atoms with E-state index in [1.807, 2.05) is 0 Å². The molecule has 0 amide bonds. The molecule has 5 nitrogen and oxygen atoms in total. The number of rotatable bonds is 4. The molecule has 1 N–H and O–H groups in total. The highest BCUT2D eigenvalue weighted by Gasteiger charge is 2.22. The fourth-order valence-electron chi connectivity index (χ4n) is 2.90. The number of piperidine rings is 1. The van der Waals surface area contributed by atoms with Gasteiger partial charge in [0.05, 0.1) is 12.2 Å². The molecule has 0 aromatic carbocycles. The van der Waals surface area contributed by atoms with Crippen molar-refractivity contribution in [2.24, 2.45) is 5.92 Å². The highest BCUT2D eigenvalue weighted by Crippen LogP contribution is 2.29. The van der Waals surface area contributed by atoms with Gasteiger partial charge in [0.2, 0.25) is 0 Å². The van der Waals surface area contributed by atoms with E-state index in [4.69, 9.17) is 0 Å². The van der Waals surface area contributed by atoms with Crippen LogP contribution in [0.15, 0.2) is 24.5 Å². The lowest BCUT2D eigenvalue weighted by atomic mass is 10.0. The first kappa shape index (κ1) is 15.1. The third-order valence-corrected chi connectivity index (χ3v) is 4.95. The third-order valence-electron chi connectivity index (χ3n) is 3.92. The van der Waals surface area contributed by atoms with Crippen molar-refractivity contribution < 1.29 is 9.90 Å². The van der Waals surface area contributed by atoms with Gasteiger partial charge in [-0.25, -0.2) is 9.78 Å². The molecule has 2 aromatic rings. The van der Waals surface area contributed by atoms with Crippen molar-refractivity contribution >= 4 is 17.3 Å². The average molecular weight is 317 g/mol. The van der Waals surface area contributed by atoms with E-state index in [0.717, 1.165) is 30.2 Å². The van der Waals surface area contributed by atoms with Crippen LogP contribution in [0.1, 0.15) is 34.4 Å². The van der Waals surface area contributed by atoms with E-state index in [1.165, 1.54) is 24.2 Å². The SMILES string of the molecule is CC1CCCN(Cc2nc(-c3ccncc3)c(C(=O)O)s2)C1. The lowest BCUT2D eigenvalue weighted by Gasteiger charge is -2.29. The predicted molar refractivity (Wildman–Crippen MR) is 86.0 cm³/mol. The number of carbonyl (C=O) groups is 1. The Kier molecular flexibility index (Phi) is 4.49. The minimum atomic E-state index is -0.914. The van der Waals surface area contributed by atoms with Crippen LogP contribution in [0.25, 0.3) is 11.3 Å². The van der Waals surface area contributed by atoms with Gasteiger partial charge in [-0.15, -0.1) is 11.3 Å². The lowest BCUT2D eigenvalue weighted by molar-refractivity contribution is 0.0702. The summed E-state index contributed by atoms with van der Waals surface area (Å²) >= 11 is 1.28. The maximum absolute atomic E-state index is 11.5. The van der Waals surface area contributed by atoms with Crippen LogP contribution in [0.4, 0.5) is 0 Å². The maximum Gasteiger partial charge on any atom is 0.348 e. The van der Waals surface area contributed by atoms with Crippen LogP contribution in [0.2, 0.25) is 0 Å². The molecule has 1 aliphatic rings. The second-order valence-electron chi connectivity index (χ2n) is 5.81. The van der Waals surface area contributed by atoms with Crippen molar-refractivity contribution in [2.75, 3.05) is 13.1 Å². The second kappa shape index (κ2) is 6.54. The molecule has 2 aromatic heterocycles. The van der Waals surface area contributed by atoms with Gasteiger partial charge in [0.25, 0.3) is 0 Å². The Hall–Kier alpha value is -1.79. The van der Waals surface area contributed by atoms with E-state index < -0.39 is 5.97 Å². The number of carboxylic acid groups (broad SMARTS) is 1. The molecule has 6 heteroatoms. The largest absolute Gasteiger partial charge is 0.477 e. The number of hydrogen-bond donors (Lipinski definition) is 1. The summed E-state index contributed by atoms with van der Waals surface area (Å²) in [5.74, 6) is -0.213. The van der Waals surface area contributed by atoms with Crippen LogP contribution in [0.5, 0.6) is 0 Å². The highest BCUT2D eigenvalue weighted by molar-refractivity contribution is 7.14. The summed E-state index contributed by atoms with van der Waals surface area (Å²) < 4.78 is 0. The first-order valence-corrected chi connectivity index (χ1v) is 8.31. The summed E-state index contributed by atoms with van der Waals surface area (Å²) in [4.78, 5) is 22.7. The first-order valence-electron chi connectivity index (χ1n) is 7.49. The average Bonchev–Trinajstić information content (AvgIpc) is 2.92. The van der Waals surface area contributed by atoms with Crippen LogP contribution in [0, 0.1) is 5.92 Å². The molecule has 0 radical (unpaired) electrons. The zero-order valence-corrected chi connectivity index (χ0v) is 13.3. The van der Waals surface area contributed by atoms with E-state index in [0.29, 0.717) is 16.5 Å². The van der Waals surface area contributed by atoms with Gasteiger partial charge in [-0.3, -0.25) is 9.88 Å². The summed E-state index contributed by atoms with van der Waals surface area (Å²) in [5, 5.41) is 10.3. The smallest absolute Gasteiger partial charge is 0.348 e. The fraction of sp³-hybridized carbons (Fsp3) is 0.438. The number of aromatic carboxylic acids is 1. The van der Waals surface area contributed by atoms with Crippen LogP contribution < -0.4 is 0 Å². The standard InChI is InChI=1S/C16H19N3O2S/c1-11-3-2-8-19(9-11)10-13-18-14(15(22-13)16(20)21)12-4-6-17-7-5-12/h4-7,11H,2-3,8-10H2,1H3,(H,20,21). The Morgan fingerprint density at radius 2 is 2.23 bits per heavy atom. The monoisotopic (exact) mass is 317 g/mol. The van der Waals surface area contributed by atoms with Gasteiger partial charge >= 0.3 is 5.97 Å². The normalized spacial score (nSPS) is 19.2. The van der Waals surface area contributed by atoms with E-state index in [2.05, 4.69) is 21.8 Å². The molecule has 22 heavy (non-hydrogen) atoms. The van der Waals surface area contributed by atoms with Crippen molar-refractivity contribution in [3.8, 4) is 11.3 Å². The molecule has 3 rings (SSSR count). The first-order chi connectivity index (χ1) is 10.6. The molecular weight excluding hydrogens is 298 g/mol. The molecule has 0 aliphatic carbocycles. The fourth-order valence-corrected chi connectivity index (χ4v) is 3.87. The van der Waals surface area contributed by atoms with Gasteiger partial charge in [0, 0.05) is 24.5 Å². The topological polar surface area (TPSA) is 66.3 Å². The van der Waals surface area contributed by atoms with Gasteiger partial charge in [-0.1, -0.05) is 6.92 Å². The molecule has 3 heterocycles. The molecule has 1 unspecified atom stereocenters. The summed E-state index contributed by atoms with van der Waals surface area (Å²) in [6.07, 6.45) is 5.80. The zero-order chi connectivity index (χ0) is 15.5. The minimum absolute atomic E-state index is 0.311. The lowest BCUT2D eigenvalue weighted by Crippen LogP contribution is -2.33. The van der Waals surface area contributed by atoms with Crippen LogP contribution in [-0.4, -0.2) is 39.0 Å².